The predicted octanol–water partition coefficient (Wildman–Crippen LogP) is 3.46. The molecule has 8 heteroatoms. The lowest BCUT2D eigenvalue weighted by Gasteiger charge is -2.05. The molecule has 0 radical (unpaired) electrons. The van der Waals surface area contributed by atoms with E-state index in [1.165, 1.54) is 0 Å². The summed E-state index contributed by atoms with van der Waals surface area (Å²) >= 11 is 3.39. The Balaban J connectivity index is 2.03. The maximum atomic E-state index is 12.0. The molecule has 1 aromatic heterocycles. The Bertz CT molecular complexity index is 598. The molecular formula is C12H11BrF3N3O. The summed E-state index contributed by atoms with van der Waals surface area (Å²) in [5, 5.41) is 5.94. The molecule has 0 bridgehead atoms. The Labute approximate surface area is 121 Å². The van der Waals surface area contributed by atoms with Crippen LogP contribution in [0.2, 0.25) is 0 Å². The Morgan fingerprint density at radius 3 is 2.75 bits per heavy atom. The van der Waals surface area contributed by atoms with E-state index in [0.717, 1.165) is 15.6 Å². The summed E-state index contributed by atoms with van der Waals surface area (Å²) in [6.07, 6.45) is -4.26. The van der Waals surface area contributed by atoms with Crippen molar-refractivity contribution in [2.75, 3.05) is 6.54 Å². The summed E-state index contributed by atoms with van der Waals surface area (Å²) in [7, 11) is 0. The van der Waals surface area contributed by atoms with Gasteiger partial charge in [0, 0.05) is 10.0 Å². The molecule has 0 atom stereocenters. The minimum Gasteiger partial charge on any atom is -0.338 e. The van der Waals surface area contributed by atoms with Gasteiger partial charge >= 0.3 is 6.18 Å². The van der Waals surface area contributed by atoms with Crippen molar-refractivity contribution in [3.8, 4) is 11.4 Å². The van der Waals surface area contributed by atoms with Crippen molar-refractivity contribution in [1.29, 1.82) is 0 Å². The van der Waals surface area contributed by atoms with Gasteiger partial charge in [0.25, 0.3) is 0 Å². The number of benzene rings is 1. The molecule has 0 spiro atoms. The van der Waals surface area contributed by atoms with Crippen molar-refractivity contribution in [3.05, 3.63) is 34.1 Å². The second-order valence-corrected chi connectivity index (χ2v) is 5.05. The van der Waals surface area contributed by atoms with Gasteiger partial charge in [-0.15, -0.1) is 0 Å². The summed E-state index contributed by atoms with van der Waals surface area (Å²) in [5.41, 5.74) is 1.79. The third-order valence-electron chi connectivity index (χ3n) is 2.50. The summed E-state index contributed by atoms with van der Waals surface area (Å²) in [5.74, 6) is 0.454. The first-order valence-corrected chi connectivity index (χ1v) is 6.51. The Hall–Kier alpha value is -1.41. The molecule has 0 saturated carbocycles. The van der Waals surface area contributed by atoms with Crippen LogP contribution in [0, 0.1) is 6.92 Å². The van der Waals surface area contributed by atoms with Gasteiger partial charge in [-0.1, -0.05) is 33.2 Å². The van der Waals surface area contributed by atoms with Crippen LogP contribution in [0.3, 0.4) is 0 Å². The zero-order valence-corrected chi connectivity index (χ0v) is 12.0. The third-order valence-corrected chi connectivity index (χ3v) is 3.35. The molecule has 0 amide bonds. The van der Waals surface area contributed by atoms with Crippen LogP contribution in [0.25, 0.3) is 11.4 Å². The summed E-state index contributed by atoms with van der Waals surface area (Å²) in [4.78, 5) is 4.04. The first-order valence-electron chi connectivity index (χ1n) is 5.72. The van der Waals surface area contributed by atoms with E-state index in [2.05, 4.69) is 31.4 Å². The molecule has 2 rings (SSSR count). The smallest absolute Gasteiger partial charge is 0.338 e. The molecule has 2 aromatic rings. The molecule has 20 heavy (non-hydrogen) atoms. The van der Waals surface area contributed by atoms with E-state index >= 15 is 0 Å². The second kappa shape index (κ2) is 5.92. The number of alkyl halides is 3. The van der Waals surface area contributed by atoms with E-state index in [9.17, 15) is 13.2 Å². The van der Waals surface area contributed by atoms with Crippen molar-refractivity contribution in [1.82, 2.24) is 15.5 Å². The van der Waals surface area contributed by atoms with E-state index in [0.29, 0.717) is 5.82 Å². The molecule has 0 unspecified atom stereocenters. The molecule has 1 aromatic carbocycles. The molecule has 1 heterocycles. The monoisotopic (exact) mass is 349 g/mol. The average Bonchev–Trinajstić information content (AvgIpc) is 2.80. The molecule has 0 aliphatic carbocycles. The standard InChI is InChI=1S/C12H11BrF3N3O/c1-7-2-3-8(4-9(7)13)11-18-10(20-19-11)5-17-6-12(14,15)16/h2-4,17H,5-6H2,1H3. The molecule has 0 saturated heterocycles. The zero-order chi connectivity index (χ0) is 14.8. The predicted molar refractivity (Wildman–Crippen MR) is 69.9 cm³/mol. The summed E-state index contributed by atoms with van der Waals surface area (Å²) in [6, 6.07) is 5.53. The lowest BCUT2D eigenvalue weighted by atomic mass is 10.1. The molecule has 1 N–H and O–H groups in total. The SMILES string of the molecule is Cc1ccc(-c2noc(CNCC(F)(F)F)n2)cc1Br. The van der Waals surface area contributed by atoms with E-state index in [1.807, 2.05) is 25.1 Å². The number of aryl methyl sites for hydroxylation is 1. The van der Waals surface area contributed by atoms with Crippen LogP contribution in [0.4, 0.5) is 13.2 Å². The zero-order valence-electron chi connectivity index (χ0n) is 10.5. The van der Waals surface area contributed by atoms with Gasteiger partial charge < -0.3 is 9.84 Å². The maximum Gasteiger partial charge on any atom is 0.401 e. The molecule has 4 nitrogen and oxygen atoms in total. The summed E-state index contributed by atoms with van der Waals surface area (Å²) < 4.78 is 41.7. The van der Waals surface area contributed by atoms with Gasteiger partial charge in [0.1, 0.15) is 0 Å². The first-order chi connectivity index (χ1) is 9.35. The fraction of sp³-hybridized carbons (Fsp3) is 0.333. The second-order valence-electron chi connectivity index (χ2n) is 4.19. The van der Waals surface area contributed by atoms with Crippen LogP contribution in [-0.4, -0.2) is 22.9 Å². The molecule has 0 aliphatic heterocycles. The Morgan fingerprint density at radius 2 is 2.10 bits per heavy atom. The number of halogens is 4. The van der Waals surface area contributed by atoms with Gasteiger partial charge in [-0.3, -0.25) is 0 Å². The maximum absolute atomic E-state index is 12.0. The van der Waals surface area contributed by atoms with Crippen LogP contribution in [0.15, 0.2) is 27.2 Å². The minimum atomic E-state index is -4.26. The molecule has 0 aliphatic rings. The topological polar surface area (TPSA) is 51.0 Å². The average molecular weight is 350 g/mol. The summed E-state index contributed by atoms with van der Waals surface area (Å²) in [6.45, 7) is 0.719. The number of nitrogens with zero attached hydrogens (tertiary/aromatic N) is 2. The van der Waals surface area contributed by atoms with E-state index in [1.54, 1.807) is 0 Å². The number of nitrogens with one attached hydrogen (secondary N) is 1. The fourth-order valence-electron chi connectivity index (χ4n) is 1.49. The van der Waals surface area contributed by atoms with E-state index in [-0.39, 0.29) is 12.4 Å². The third kappa shape index (κ3) is 4.04. The fourth-order valence-corrected chi connectivity index (χ4v) is 1.87. The highest BCUT2D eigenvalue weighted by Crippen LogP contribution is 2.23. The van der Waals surface area contributed by atoms with Crippen molar-refractivity contribution in [2.24, 2.45) is 0 Å². The number of hydrogen-bond acceptors (Lipinski definition) is 4. The van der Waals surface area contributed by atoms with Gasteiger partial charge in [0.2, 0.25) is 11.7 Å². The van der Waals surface area contributed by atoms with Crippen LogP contribution < -0.4 is 5.32 Å². The van der Waals surface area contributed by atoms with E-state index in [4.69, 9.17) is 4.52 Å². The van der Waals surface area contributed by atoms with Crippen molar-refractivity contribution in [2.45, 2.75) is 19.6 Å². The Morgan fingerprint density at radius 1 is 1.35 bits per heavy atom. The van der Waals surface area contributed by atoms with Gasteiger partial charge in [-0.2, -0.15) is 18.2 Å². The van der Waals surface area contributed by atoms with Gasteiger partial charge in [0.15, 0.2) is 0 Å². The number of rotatable bonds is 4. The van der Waals surface area contributed by atoms with Crippen molar-refractivity contribution in [3.63, 3.8) is 0 Å². The molecular weight excluding hydrogens is 339 g/mol. The highest BCUT2D eigenvalue weighted by atomic mass is 79.9. The van der Waals surface area contributed by atoms with Gasteiger partial charge in [-0.05, 0) is 18.6 Å². The number of hydrogen-bond donors (Lipinski definition) is 1. The van der Waals surface area contributed by atoms with Crippen LogP contribution in [0.5, 0.6) is 0 Å². The first kappa shape index (κ1) is 15.0. The highest BCUT2D eigenvalue weighted by molar-refractivity contribution is 9.10. The van der Waals surface area contributed by atoms with Crippen molar-refractivity contribution >= 4 is 15.9 Å². The largest absolute Gasteiger partial charge is 0.401 e. The Kier molecular flexibility index (Phi) is 4.44. The van der Waals surface area contributed by atoms with Crippen LogP contribution in [0.1, 0.15) is 11.5 Å². The molecule has 108 valence electrons. The number of aromatic nitrogens is 2. The normalized spacial score (nSPS) is 11.8. The lowest BCUT2D eigenvalue weighted by molar-refractivity contribution is -0.125. The van der Waals surface area contributed by atoms with Crippen LogP contribution >= 0.6 is 15.9 Å². The highest BCUT2D eigenvalue weighted by Gasteiger charge is 2.26. The molecule has 0 fully saturated rings. The quantitative estimate of drug-likeness (QED) is 0.918. The van der Waals surface area contributed by atoms with Crippen molar-refractivity contribution < 1.29 is 17.7 Å². The van der Waals surface area contributed by atoms with Gasteiger partial charge in [-0.25, -0.2) is 0 Å². The minimum absolute atomic E-state index is 0.112. The van der Waals surface area contributed by atoms with E-state index < -0.39 is 12.7 Å². The van der Waals surface area contributed by atoms with Gasteiger partial charge in [0.05, 0.1) is 13.1 Å². The lowest BCUT2D eigenvalue weighted by Crippen LogP contribution is -2.28. The van der Waals surface area contributed by atoms with Crippen LogP contribution in [-0.2, 0) is 6.54 Å².